The number of primary amides is 1. The van der Waals surface area contributed by atoms with Gasteiger partial charge in [0.05, 0.1) is 36.5 Å². The molecule has 0 bridgehead atoms. The number of methoxy groups -OCH3 is 2. The van der Waals surface area contributed by atoms with Crippen molar-refractivity contribution in [2.75, 3.05) is 64.4 Å². The van der Waals surface area contributed by atoms with Crippen LogP contribution in [0.3, 0.4) is 0 Å². The van der Waals surface area contributed by atoms with Gasteiger partial charge in [-0.25, -0.2) is 9.97 Å². The normalized spacial score (nSPS) is 11.3. The first-order chi connectivity index (χ1) is 16.4. The number of aromatic nitrogens is 2. The second-order valence-electron chi connectivity index (χ2n) is 7.34. The van der Waals surface area contributed by atoms with Gasteiger partial charge in [0.2, 0.25) is 5.91 Å². The van der Waals surface area contributed by atoms with Crippen LogP contribution in [-0.2, 0) is 14.3 Å². The number of nitrogens with one attached hydrogen (secondary N) is 1. The number of carbonyl (C=O) groups is 2. The van der Waals surface area contributed by atoms with Gasteiger partial charge in [0.25, 0.3) is 5.91 Å². The second-order valence-corrected chi connectivity index (χ2v) is 9.11. The van der Waals surface area contributed by atoms with Crippen molar-refractivity contribution in [3.05, 3.63) is 29.1 Å². The van der Waals surface area contributed by atoms with Crippen LogP contribution in [0.4, 0.5) is 11.4 Å². The number of fused-ring (bicyclic) bond motifs is 1. The molecule has 10 nitrogen and oxygen atoms in total. The molecule has 0 saturated heterocycles. The Balaban J connectivity index is 1.89. The fraction of sp³-hybridized carbons (Fsp3) is 0.364. The van der Waals surface area contributed by atoms with Crippen molar-refractivity contribution >= 4 is 56.5 Å². The third-order valence-electron chi connectivity index (χ3n) is 4.98. The Morgan fingerprint density at radius 2 is 1.88 bits per heavy atom. The van der Waals surface area contributed by atoms with Crippen molar-refractivity contribution < 1.29 is 19.1 Å². The zero-order chi connectivity index (χ0) is 24.7. The first-order valence-corrected chi connectivity index (χ1v) is 12.5. The number of rotatable bonds is 12. The van der Waals surface area contributed by atoms with Gasteiger partial charge in [-0.2, -0.15) is 0 Å². The number of ether oxygens (including phenoxy) is 2. The SMILES string of the molecule is COCCN(CCOC)CC(=O)Nc1cccc(-c2nc(SC)nc3sc(C(N)=O)c(N)c23)c1. The van der Waals surface area contributed by atoms with Gasteiger partial charge < -0.3 is 26.3 Å². The van der Waals surface area contributed by atoms with E-state index in [-0.39, 0.29) is 23.0 Å². The maximum Gasteiger partial charge on any atom is 0.260 e. The van der Waals surface area contributed by atoms with E-state index in [0.29, 0.717) is 53.1 Å². The quantitative estimate of drug-likeness (QED) is 0.250. The lowest BCUT2D eigenvalue weighted by Gasteiger charge is -2.21. The van der Waals surface area contributed by atoms with Crippen molar-refractivity contribution in [2.24, 2.45) is 5.73 Å². The third kappa shape index (κ3) is 6.21. The standard InChI is InChI=1S/C22H28N6O4S2/c1-31-9-7-28(8-10-32-2)12-15(29)25-14-6-4-5-13(11-14)18-16-17(23)19(20(24)30)34-21(16)27-22(26-18)33-3/h4-6,11H,7-10,12,23H2,1-3H3,(H2,24,30)(H,25,29). The van der Waals surface area contributed by atoms with E-state index >= 15 is 0 Å². The number of benzene rings is 1. The number of thioether (sulfide) groups is 1. The Hall–Kier alpha value is -2.77. The van der Waals surface area contributed by atoms with Crippen molar-refractivity contribution in [3.8, 4) is 11.3 Å². The summed E-state index contributed by atoms with van der Waals surface area (Å²) in [7, 11) is 3.25. The molecule has 34 heavy (non-hydrogen) atoms. The summed E-state index contributed by atoms with van der Waals surface area (Å²) in [4.78, 5) is 36.4. The number of thiophene rings is 1. The molecule has 0 aliphatic rings. The van der Waals surface area contributed by atoms with Gasteiger partial charge in [-0.1, -0.05) is 23.9 Å². The maximum absolute atomic E-state index is 12.7. The average Bonchev–Trinajstić information content (AvgIpc) is 3.16. The molecule has 0 spiro atoms. The molecule has 182 valence electrons. The molecule has 2 amide bonds. The summed E-state index contributed by atoms with van der Waals surface area (Å²) in [5.41, 5.74) is 13.9. The number of nitrogens with zero attached hydrogens (tertiary/aromatic N) is 3. The summed E-state index contributed by atoms with van der Waals surface area (Å²) in [6.45, 7) is 2.46. The highest BCUT2D eigenvalue weighted by Gasteiger charge is 2.21. The van der Waals surface area contributed by atoms with E-state index in [9.17, 15) is 9.59 Å². The van der Waals surface area contributed by atoms with Crippen LogP contribution >= 0.6 is 23.1 Å². The predicted octanol–water partition coefficient (Wildman–Crippen LogP) is 2.29. The number of amides is 2. The number of carbonyl (C=O) groups excluding carboxylic acids is 2. The van der Waals surface area contributed by atoms with Crippen LogP contribution in [-0.4, -0.2) is 80.0 Å². The molecule has 0 radical (unpaired) electrons. The van der Waals surface area contributed by atoms with Gasteiger partial charge in [-0.05, 0) is 18.4 Å². The van der Waals surface area contributed by atoms with E-state index in [2.05, 4.69) is 15.3 Å². The number of nitrogen functional groups attached to an aromatic ring is 1. The average molecular weight is 505 g/mol. The minimum atomic E-state index is -0.607. The maximum atomic E-state index is 12.7. The molecule has 0 fully saturated rings. The fourth-order valence-corrected chi connectivity index (χ4v) is 4.71. The molecule has 0 aliphatic carbocycles. The largest absolute Gasteiger partial charge is 0.397 e. The van der Waals surface area contributed by atoms with E-state index in [1.165, 1.54) is 11.8 Å². The molecule has 3 aromatic rings. The Morgan fingerprint density at radius 3 is 2.50 bits per heavy atom. The van der Waals surface area contributed by atoms with Crippen molar-refractivity contribution in [1.82, 2.24) is 14.9 Å². The van der Waals surface area contributed by atoms with Crippen LogP contribution in [0, 0.1) is 0 Å². The summed E-state index contributed by atoms with van der Waals surface area (Å²) < 4.78 is 10.3. The lowest BCUT2D eigenvalue weighted by molar-refractivity contribution is -0.117. The predicted molar refractivity (Wildman–Crippen MR) is 136 cm³/mol. The molecule has 3 rings (SSSR count). The van der Waals surface area contributed by atoms with Crippen LogP contribution in [0.25, 0.3) is 21.5 Å². The van der Waals surface area contributed by atoms with E-state index in [4.69, 9.17) is 20.9 Å². The van der Waals surface area contributed by atoms with Gasteiger partial charge in [-0.3, -0.25) is 14.5 Å². The molecule has 5 N–H and O–H groups in total. The summed E-state index contributed by atoms with van der Waals surface area (Å²) >= 11 is 2.53. The second kappa shape index (κ2) is 12.1. The first-order valence-electron chi connectivity index (χ1n) is 10.4. The van der Waals surface area contributed by atoms with E-state index in [1.807, 2.05) is 29.4 Å². The Kier molecular flexibility index (Phi) is 9.19. The van der Waals surface area contributed by atoms with Crippen LogP contribution < -0.4 is 16.8 Å². The van der Waals surface area contributed by atoms with Crippen LogP contribution in [0.5, 0.6) is 0 Å². The molecular formula is C22H28N6O4S2. The highest BCUT2D eigenvalue weighted by atomic mass is 32.2. The molecule has 0 atom stereocenters. The Bertz CT molecular complexity index is 1160. The lowest BCUT2D eigenvalue weighted by Crippen LogP contribution is -2.37. The highest BCUT2D eigenvalue weighted by Crippen LogP contribution is 2.39. The van der Waals surface area contributed by atoms with Gasteiger partial charge >= 0.3 is 0 Å². The topological polar surface area (TPSA) is 146 Å². The monoisotopic (exact) mass is 504 g/mol. The zero-order valence-corrected chi connectivity index (χ0v) is 20.9. The number of hydrogen-bond donors (Lipinski definition) is 3. The molecule has 0 unspecified atom stereocenters. The summed E-state index contributed by atoms with van der Waals surface area (Å²) in [6, 6.07) is 7.31. The van der Waals surface area contributed by atoms with Crippen LogP contribution in [0.2, 0.25) is 0 Å². The molecule has 2 heterocycles. The minimum Gasteiger partial charge on any atom is -0.397 e. The molecule has 0 aliphatic heterocycles. The fourth-order valence-electron chi connectivity index (χ4n) is 3.34. The molecule has 2 aromatic heterocycles. The number of hydrogen-bond acceptors (Lipinski definition) is 10. The van der Waals surface area contributed by atoms with E-state index < -0.39 is 5.91 Å². The van der Waals surface area contributed by atoms with Gasteiger partial charge in [0, 0.05) is 38.6 Å². The van der Waals surface area contributed by atoms with Crippen molar-refractivity contribution in [3.63, 3.8) is 0 Å². The van der Waals surface area contributed by atoms with Gasteiger partial charge in [0.1, 0.15) is 9.71 Å². The molecule has 12 heteroatoms. The smallest absolute Gasteiger partial charge is 0.260 e. The van der Waals surface area contributed by atoms with Gasteiger partial charge in [-0.15, -0.1) is 11.3 Å². The lowest BCUT2D eigenvalue weighted by atomic mass is 10.1. The minimum absolute atomic E-state index is 0.159. The van der Waals surface area contributed by atoms with Crippen molar-refractivity contribution in [2.45, 2.75) is 5.16 Å². The molecular weight excluding hydrogens is 476 g/mol. The Morgan fingerprint density at radius 1 is 1.18 bits per heavy atom. The first kappa shape index (κ1) is 25.8. The van der Waals surface area contributed by atoms with E-state index in [0.717, 1.165) is 16.9 Å². The zero-order valence-electron chi connectivity index (χ0n) is 19.3. The number of anilines is 2. The van der Waals surface area contributed by atoms with Gasteiger partial charge in [0.15, 0.2) is 5.16 Å². The molecule has 1 aromatic carbocycles. The molecule has 0 saturated carbocycles. The van der Waals surface area contributed by atoms with E-state index in [1.54, 1.807) is 20.3 Å². The third-order valence-corrected chi connectivity index (χ3v) is 6.65. The Labute approximate surface area is 206 Å². The van der Waals surface area contributed by atoms with Crippen LogP contribution in [0.1, 0.15) is 9.67 Å². The van der Waals surface area contributed by atoms with Crippen LogP contribution in [0.15, 0.2) is 29.4 Å². The van der Waals surface area contributed by atoms with Crippen molar-refractivity contribution in [1.29, 1.82) is 0 Å². The summed E-state index contributed by atoms with van der Waals surface area (Å²) in [5, 5.41) is 4.05. The highest BCUT2D eigenvalue weighted by molar-refractivity contribution is 7.98. The number of nitrogens with two attached hydrogens (primary N) is 2. The summed E-state index contributed by atoms with van der Waals surface area (Å²) in [6.07, 6.45) is 1.87. The summed E-state index contributed by atoms with van der Waals surface area (Å²) in [5.74, 6) is -0.766.